The molecule has 2 fully saturated rings. The van der Waals surface area contributed by atoms with Crippen LogP contribution in [0.3, 0.4) is 0 Å². The summed E-state index contributed by atoms with van der Waals surface area (Å²) in [6, 6.07) is 10.5. The number of aromatic nitrogens is 2. The molecule has 1 amide bonds. The summed E-state index contributed by atoms with van der Waals surface area (Å²) in [6.45, 7) is 2.93. The number of rotatable bonds is 4. The van der Waals surface area contributed by atoms with E-state index in [-0.39, 0.29) is 5.91 Å². The van der Waals surface area contributed by atoms with Gasteiger partial charge in [-0.15, -0.1) is 10.2 Å². The maximum Gasteiger partial charge on any atom is 0.256 e. The van der Waals surface area contributed by atoms with Gasteiger partial charge in [0, 0.05) is 31.5 Å². The molecule has 0 bridgehead atoms. The Kier molecular flexibility index (Phi) is 4.91. The zero-order valence-electron chi connectivity index (χ0n) is 15.2. The van der Waals surface area contributed by atoms with Gasteiger partial charge in [-0.2, -0.15) is 0 Å². The second-order valence-corrected chi connectivity index (χ2v) is 6.55. The second kappa shape index (κ2) is 7.50. The molecule has 1 N–H and O–H groups in total. The Hall–Kier alpha value is -2.71. The molecule has 1 spiro atoms. The first kappa shape index (κ1) is 17.7. The van der Waals surface area contributed by atoms with Crippen LogP contribution < -0.4 is 15.0 Å². The molecular weight excluding hydrogens is 348 g/mol. The van der Waals surface area contributed by atoms with Crippen LogP contribution in [-0.4, -0.2) is 55.3 Å². The Balaban J connectivity index is 1.35. The minimum absolute atomic E-state index is 0.241. The Morgan fingerprint density at radius 2 is 1.78 bits per heavy atom. The number of nitrogens with one attached hydrogen (secondary N) is 1. The summed E-state index contributed by atoms with van der Waals surface area (Å²) in [6.07, 6.45) is 1.62. The van der Waals surface area contributed by atoms with Gasteiger partial charge in [-0.3, -0.25) is 4.79 Å². The lowest BCUT2D eigenvalue weighted by Gasteiger charge is -2.37. The monoisotopic (exact) mass is 370 g/mol. The number of carbonyl (C=O) groups is 1. The number of hydrogen-bond donors (Lipinski definition) is 1. The van der Waals surface area contributed by atoms with E-state index in [0.29, 0.717) is 30.3 Å². The highest BCUT2D eigenvalue weighted by Gasteiger charge is 2.40. The molecule has 8 heteroatoms. The third-order valence-electron chi connectivity index (χ3n) is 4.91. The average Bonchev–Trinajstić information content (AvgIpc) is 3.17. The molecule has 27 heavy (non-hydrogen) atoms. The number of carbonyl (C=O) groups excluding carboxylic acids is 1. The number of benzene rings is 1. The Morgan fingerprint density at radius 1 is 1.07 bits per heavy atom. The maximum atomic E-state index is 12.3. The van der Waals surface area contributed by atoms with Crippen molar-refractivity contribution in [3.8, 4) is 5.75 Å². The van der Waals surface area contributed by atoms with Crippen molar-refractivity contribution in [1.82, 2.24) is 10.2 Å². The molecule has 1 aromatic heterocycles. The van der Waals surface area contributed by atoms with Crippen molar-refractivity contribution in [2.24, 2.45) is 0 Å². The van der Waals surface area contributed by atoms with Gasteiger partial charge in [0.2, 0.25) is 0 Å². The lowest BCUT2D eigenvalue weighted by atomic mass is 10.0. The molecule has 1 aromatic carbocycles. The number of hydrogen-bond acceptors (Lipinski definition) is 7. The minimum atomic E-state index is -0.407. The quantitative estimate of drug-likeness (QED) is 0.882. The molecule has 0 radical (unpaired) electrons. The first-order valence-electron chi connectivity index (χ1n) is 8.99. The fraction of sp³-hybridized carbons (Fsp3) is 0.421. The summed E-state index contributed by atoms with van der Waals surface area (Å²) in [7, 11) is 1.59. The Labute approximate surface area is 157 Å². The van der Waals surface area contributed by atoms with Crippen molar-refractivity contribution in [2.45, 2.75) is 18.6 Å². The standard InChI is InChI=1S/C19H22N4O4/c1-25-15-4-2-14(3-5-15)18(24)20-16-6-7-17(22-21-16)23-10-8-19(9-11-23)26-12-13-27-19/h2-7H,8-13H2,1H3,(H,20,21,24). The van der Waals surface area contributed by atoms with Crippen LogP contribution in [0.15, 0.2) is 36.4 Å². The van der Waals surface area contributed by atoms with Crippen molar-refractivity contribution in [1.29, 1.82) is 0 Å². The predicted octanol–water partition coefficient (Wildman–Crippen LogP) is 2.08. The molecule has 0 saturated carbocycles. The van der Waals surface area contributed by atoms with E-state index in [1.165, 1.54) is 0 Å². The summed E-state index contributed by atoms with van der Waals surface area (Å²) in [5, 5.41) is 11.1. The van der Waals surface area contributed by atoms with Gasteiger partial charge in [-0.05, 0) is 36.4 Å². The van der Waals surface area contributed by atoms with Crippen LogP contribution in [0, 0.1) is 0 Å². The molecule has 3 heterocycles. The minimum Gasteiger partial charge on any atom is -0.497 e. The van der Waals surface area contributed by atoms with Crippen LogP contribution in [0.25, 0.3) is 0 Å². The van der Waals surface area contributed by atoms with Gasteiger partial charge >= 0.3 is 0 Å². The smallest absolute Gasteiger partial charge is 0.256 e. The summed E-state index contributed by atoms with van der Waals surface area (Å²) in [5.41, 5.74) is 0.527. The van der Waals surface area contributed by atoms with Crippen LogP contribution in [0.1, 0.15) is 23.2 Å². The van der Waals surface area contributed by atoms with E-state index in [1.807, 2.05) is 6.07 Å². The number of ether oxygens (including phenoxy) is 3. The number of anilines is 2. The van der Waals surface area contributed by atoms with Gasteiger partial charge in [0.15, 0.2) is 17.4 Å². The summed E-state index contributed by atoms with van der Waals surface area (Å²) in [4.78, 5) is 14.4. The first-order chi connectivity index (χ1) is 13.2. The van der Waals surface area contributed by atoms with Crippen molar-refractivity contribution >= 4 is 17.5 Å². The number of nitrogens with zero attached hydrogens (tertiary/aromatic N) is 3. The van der Waals surface area contributed by atoms with Gasteiger partial charge in [-0.1, -0.05) is 0 Å². The van der Waals surface area contributed by atoms with E-state index in [0.717, 1.165) is 31.7 Å². The fourth-order valence-corrected chi connectivity index (χ4v) is 3.35. The highest BCUT2D eigenvalue weighted by atomic mass is 16.7. The van der Waals surface area contributed by atoms with Crippen molar-refractivity contribution < 1.29 is 19.0 Å². The fourth-order valence-electron chi connectivity index (χ4n) is 3.35. The van der Waals surface area contributed by atoms with Gasteiger partial charge in [0.05, 0.1) is 20.3 Å². The molecule has 0 unspecified atom stereocenters. The highest BCUT2D eigenvalue weighted by molar-refractivity contribution is 6.03. The van der Waals surface area contributed by atoms with E-state index < -0.39 is 5.79 Å². The summed E-state index contributed by atoms with van der Waals surface area (Å²) in [5.74, 6) is 1.25. The number of piperidine rings is 1. The van der Waals surface area contributed by atoms with E-state index in [2.05, 4.69) is 20.4 Å². The molecular formula is C19H22N4O4. The Bertz CT molecular complexity index is 778. The van der Waals surface area contributed by atoms with Crippen molar-refractivity contribution in [2.75, 3.05) is 43.6 Å². The summed E-state index contributed by atoms with van der Waals surface area (Å²) >= 11 is 0. The molecule has 2 aliphatic heterocycles. The van der Waals surface area contributed by atoms with Gasteiger partial charge in [0.1, 0.15) is 5.75 Å². The molecule has 8 nitrogen and oxygen atoms in total. The molecule has 0 aliphatic carbocycles. The number of amides is 1. The molecule has 142 valence electrons. The van der Waals surface area contributed by atoms with Crippen LogP contribution in [0.4, 0.5) is 11.6 Å². The van der Waals surface area contributed by atoms with E-state index in [1.54, 1.807) is 37.4 Å². The predicted molar refractivity (Wildman–Crippen MR) is 99.1 cm³/mol. The van der Waals surface area contributed by atoms with Crippen LogP contribution in [-0.2, 0) is 9.47 Å². The molecule has 2 aliphatic rings. The average molecular weight is 370 g/mol. The third-order valence-corrected chi connectivity index (χ3v) is 4.91. The van der Waals surface area contributed by atoms with Crippen molar-refractivity contribution in [3.63, 3.8) is 0 Å². The normalized spacial score (nSPS) is 18.5. The van der Waals surface area contributed by atoms with Gasteiger partial charge in [-0.25, -0.2) is 0 Å². The van der Waals surface area contributed by atoms with Crippen LogP contribution in [0.5, 0.6) is 5.75 Å². The highest BCUT2D eigenvalue weighted by Crippen LogP contribution is 2.32. The van der Waals surface area contributed by atoms with Gasteiger partial charge < -0.3 is 24.4 Å². The van der Waals surface area contributed by atoms with Crippen LogP contribution >= 0.6 is 0 Å². The maximum absolute atomic E-state index is 12.3. The lowest BCUT2D eigenvalue weighted by Crippen LogP contribution is -2.45. The van der Waals surface area contributed by atoms with Crippen molar-refractivity contribution in [3.05, 3.63) is 42.0 Å². The van der Waals surface area contributed by atoms with E-state index in [4.69, 9.17) is 14.2 Å². The Morgan fingerprint density at radius 3 is 2.37 bits per heavy atom. The lowest BCUT2D eigenvalue weighted by molar-refractivity contribution is -0.169. The van der Waals surface area contributed by atoms with E-state index >= 15 is 0 Å². The molecule has 0 atom stereocenters. The zero-order valence-corrected chi connectivity index (χ0v) is 15.2. The van der Waals surface area contributed by atoms with Gasteiger partial charge in [0.25, 0.3) is 5.91 Å². The summed E-state index contributed by atoms with van der Waals surface area (Å²) < 4.78 is 16.6. The topological polar surface area (TPSA) is 85.8 Å². The second-order valence-electron chi connectivity index (χ2n) is 6.55. The molecule has 2 saturated heterocycles. The first-order valence-corrected chi connectivity index (χ1v) is 8.99. The SMILES string of the molecule is COc1ccc(C(=O)Nc2ccc(N3CCC4(CC3)OCCO4)nn2)cc1. The molecule has 2 aromatic rings. The zero-order chi connectivity index (χ0) is 18.7. The number of methoxy groups -OCH3 is 1. The molecule has 4 rings (SSSR count). The van der Waals surface area contributed by atoms with E-state index in [9.17, 15) is 4.79 Å². The van der Waals surface area contributed by atoms with Crippen LogP contribution in [0.2, 0.25) is 0 Å². The third kappa shape index (κ3) is 3.86. The largest absolute Gasteiger partial charge is 0.497 e.